The summed E-state index contributed by atoms with van der Waals surface area (Å²) in [7, 11) is 3.94. The molecule has 2 aromatic rings. The molecular formula is C25H32ClN3O3. The summed E-state index contributed by atoms with van der Waals surface area (Å²) in [5.74, 6) is -0.286. The molecule has 0 aliphatic carbocycles. The van der Waals surface area contributed by atoms with Crippen molar-refractivity contribution in [2.24, 2.45) is 5.92 Å². The van der Waals surface area contributed by atoms with Crippen molar-refractivity contribution in [3.63, 3.8) is 0 Å². The predicted molar refractivity (Wildman–Crippen MR) is 129 cm³/mol. The Morgan fingerprint density at radius 2 is 1.94 bits per heavy atom. The van der Waals surface area contributed by atoms with E-state index in [0.717, 1.165) is 30.7 Å². The minimum absolute atomic E-state index is 0.0728. The molecule has 1 aliphatic rings. The van der Waals surface area contributed by atoms with Crippen molar-refractivity contribution in [3.05, 3.63) is 58.6 Å². The molecule has 1 N–H and O–H groups in total. The molecule has 2 amide bonds. The third-order valence-corrected chi connectivity index (χ3v) is 5.88. The molecule has 3 rings (SSSR count). The number of hydrogen-bond acceptors (Lipinski definition) is 4. The van der Waals surface area contributed by atoms with Gasteiger partial charge in [0.2, 0.25) is 5.91 Å². The van der Waals surface area contributed by atoms with E-state index in [-0.39, 0.29) is 23.8 Å². The smallest absolute Gasteiger partial charge is 0.257 e. The molecule has 1 fully saturated rings. The van der Waals surface area contributed by atoms with Gasteiger partial charge in [-0.3, -0.25) is 9.59 Å². The first-order valence-electron chi connectivity index (χ1n) is 11.0. The second-order valence-corrected chi connectivity index (χ2v) is 9.09. The summed E-state index contributed by atoms with van der Waals surface area (Å²) in [4.78, 5) is 29.6. The number of anilines is 2. The molecule has 32 heavy (non-hydrogen) atoms. The molecule has 1 unspecified atom stereocenters. The van der Waals surface area contributed by atoms with Crippen LogP contribution in [0.1, 0.15) is 42.6 Å². The number of halogens is 1. The fourth-order valence-corrected chi connectivity index (χ4v) is 4.13. The maximum atomic E-state index is 13.0. The topological polar surface area (TPSA) is 61.9 Å². The van der Waals surface area contributed by atoms with E-state index in [1.54, 1.807) is 24.3 Å². The Hall–Kier alpha value is -2.57. The zero-order valence-corrected chi connectivity index (χ0v) is 20.0. The molecule has 2 aromatic carbocycles. The van der Waals surface area contributed by atoms with Gasteiger partial charge in [0.05, 0.1) is 16.7 Å². The van der Waals surface area contributed by atoms with Crippen LogP contribution >= 0.6 is 11.6 Å². The van der Waals surface area contributed by atoms with E-state index in [1.165, 1.54) is 0 Å². The van der Waals surface area contributed by atoms with Crippen LogP contribution in [0.5, 0.6) is 0 Å². The Labute approximate surface area is 195 Å². The number of hydrogen-bond donors (Lipinski definition) is 1. The molecule has 1 aliphatic heterocycles. The number of carbonyl (C=O) groups excluding carboxylic acids is 2. The highest BCUT2D eigenvalue weighted by molar-refractivity contribution is 6.34. The van der Waals surface area contributed by atoms with Crippen molar-refractivity contribution < 1.29 is 14.3 Å². The van der Waals surface area contributed by atoms with Gasteiger partial charge >= 0.3 is 0 Å². The van der Waals surface area contributed by atoms with Crippen LogP contribution in [0.4, 0.5) is 11.4 Å². The average Bonchev–Trinajstić information content (AvgIpc) is 3.26. The van der Waals surface area contributed by atoms with Crippen LogP contribution in [-0.2, 0) is 16.1 Å². The van der Waals surface area contributed by atoms with Gasteiger partial charge in [-0.2, -0.15) is 0 Å². The molecule has 1 saturated heterocycles. The van der Waals surface area contributed by atoms with Gasteiger partial charge in [0.1, 0.15) is 0 Å². The number of rotatable bonds is 8. The quantitative estimate of drug-likeness (QED) is 0.617. The Morgan fingerprint density at radius 3 is 2.56 bits per heavy atom. The van der Waals surface area contributed by atoms with Crippen molar-refractivity contribution in [3.8, 4) is 0 Å². The van der Waals surface area contributed by atoms with Crippen LogP contribution in [0, 0.1) is 5.92 Å². The van der Waals surface area contributed by atoms with E-state index in [4.69, 9.17) is 16.3 Å². The number of benzene rings is 2. The van der Waals surface area contributed by atoms with Crippen LogP contribution < -0.4 is 10.2 Å². The molecule has 0 spiro atoms. The minimum atomic E-state index is -0.270. The third kappa shape index (κ3) is 6.02. The second kappa shape index (κ2) is 10.8. The molecule has 0 radical (unpaired) electrons. The van der Waals surface area contributed by atoms with Crippen molar-refractivity contribution in [1.82, 2.24) is 4.90 Å². The molecule has 0 bridgehead atoms. The van der Waals surface area contributed by atoms with Gasteiger partial charge in [-0.15, -0.1) is 0 Å². The summed E-state index contributed by atoms with van der Waals surface area (Å²) in [5, 5.41) is 3.34. The Bertz CT molecular complexity index is 955. The average molecular weight is 458 g/mol. The lowest BCUT2D eigenvalue weighted by molar-refractivity contribution is -0.136. The van der Waals surface area contributed by atoms with Crippen molar-refractivity contribution in [2.45, 2.75) is 39.3 Å². The lowest BCUT2D eigenvalue weighted by atomic mass is 10.1. The van der Waals surface area contributed by atoms with E-state index in [2.05, 4.69) is 5.32 Å². The molecule has 0 aromatic heterocycles. The van der Waals surface area contributed by atoms with E-state index in [0.29, 0.717) is 29.4 Å². The fraction of sp³-hybridized carbons (Fsp3) is 0.440. The Balaban J connectivity index is 1.86. The highest BCUT2D eigenvalue weighted by atomic mass is 35.5. The molecule has 1 heterocycles. The van der Waals surface area contributed by atoms with Gasteiger partial charge in [0, 0.05) is 51.1 Å². The zero-order chi connectivity index (χ0) is 23.3. The fourth-order valence-electron chi connectivity index (χ4n) is 3.91. The highest BCUT2D eigenvalue weighted by Crippen LogP contribution is 2.27. The number of amides is 2. The maximum absolute atomic E-state index is 13.0. The number of ether oxygens (including phenoxy) is 1. The first kappa shape index (κ1) is 24.1. The summed E-state index contributed by atoms with van der Waals surface area (Å²) in [6.07, 6.45) is 2.07. The highest BCUT2D eigenvalue weighted by Gasteiger charge is 2.25. The van der Waals surface area contributed by atoms with Crippen LogP contribution in [0.3, 0.4) is 0 Å². The zero-order valence-electron chi connectivity index (χ0n) is 19.2. The predicted octanol–water partition coefficient (Wildman–Crippen LogP) is 4.82. The maximum Gasteiger partial charge on any atom is 0.257 e. The summed E-state index contributed by atoms with van der Waals surface area (Å²) in [6.45, 7) is 5.59. The van der Waals surface area contributed by atoms with Gasteiger partial charge in [-0.25, -0.2) is 0 Å². The van der Waals surface area contributed by atoms with Gasteiger partial charge < -0.3 is 19.9 Å². The van der Waals surface area contributed by atoms with Gasteiger partial charge in [0.15, 0.2) is 0 Å². The number of carbonyl (C=O) groups is 2. The van der Waals surface area contributed by atoms with Crippen LogP contribution in [0.2, 0.25) is 5.02 Å². The molecular weight excluding hydrogens is 426 g/mol. The van der Waals surface area contributed by atoms with E-state index in [1.807, 2.05) is 55.9 Å². The normalized spacial score (nSPS) is 15.6. The lowest BCUT2D eigenvalue weighted by Crippen LogP contribution is -2.39. The molecule has 7 heteroatoms. The summed E-state index contributed by atoms with van der Waals surface area (Å²) in [5.41, 5.74) is 3.03. The van der Waals surface area contributed by atoms with Crippen molar-refractivity contribution in [1.29, 1.82) is 0 Å². The molecule has 6 nitrogen and oxygen atoms in total. The van der Waals surface area contributed by atoms with Gasteiger partial charge in [0.25, 0.3) is 5.91 Å². The second-order valence-electron chi connectivity index (χ2n) is 8.68. The van der Waals surface area contributed by atoms with E-state index >= 15 is 0 Å². The van der Waals surface area contributed by atoms with Crippen molar-refractivity contribution in [2.75, 3.05) is 37.5 Å². The lowest BCUT2D eigenvalue weighted by Gasteiger charge is -2.29. The van der Waals surface area contributed by atoms with Crippen molar-refractivity contribution >= 4 is 34.8 Å². The molecule has 0 saturated carbocycles. The monoisotopic (exact) mass is 457 g/mol. The Morgan fingerprint density at radius 1 is 1.19 bits per heavy atom. The van der Waals surface area contributed by atoms with Crippen LogP contribution in [0.25, 0.3) is 0 Å². The number of nitrogens with one attached hydrogen (secondary N) is 1. The third-order valence-electron chi connectivity index (χ3n) is 5.55. The standard InChI is InChI=1S/C25H32ClN3O3/c1-17(2)25(31)29(16-20-8-7-13-32-20)15-18-14-19(11-12-23(18)28(3)4)27-24(30)21-9-5-6-10-22(21)26/h5-6,9-12,14,17,20H,7-8,13,15-16H2,1-4H3,(H,27,30). The SMILES string of the molecule is CC(C)C(=O)N(Cc1cc(NC(=O)c2ccccc2Cl)ccc1N(C)C)CC1CCCO1. The van der Waals surface area contributed by atoms with Gasteiger partial charge in [-0.05, 0) is 48.7 Å². The number of nitrogens with zero attached hydrogens (tertiary/aromatic N) is 2. The summed E-state index contributed by atoms with van der Waals surface area (Å²) < 4.78 is 5.79. The van der Waals surface area contributed by atoms with Crippen LogP contribution in [0.15, 0.2) is 42.5 Å². The van der Waals surface area contributed by atoms with Crippen LogP contribution in [-0.4, -0.2) is 50.1 Å². The van der Waals surface area contributed by atoms with E-state index < -0.39 is 0 Å². The first-order valence-corrected chi connectivity index (χ1v) is 11.4. The van der Waals surface area contributed by atoms with E-state index in [9.17, 15) is 9.59 Å². The molecule has 172 valence electrons. The first-order chi connectivity index (χ1) is 15.3. The summed E-state index contributed by atoms with van der Waals surface area (Å²) in [6, 6.07) is 12.7. The van der Waals surface area contributed by atoms with Gasteiger partial charge in [-0.1, -0.05) is 37.6 Å². The Kier molecular flexibility index (Phi) is 8.15. The summed E-state index contributed by atoms with van der Waals surface area (Å²) >= 11 is 6.17. The molecule has 1 atom stereocenters. The minimum Gasteiger partial charge on any atom is -0.377 e. The largest absolute Gasteiger partial charge is 0.377 e.